The smallest absolute Gasteiger partial charge is 0.410 e. The average Bonchev–Trinajstić information content (AvgIpc) is 2.40. The summed E-state index contributed by atoms with van der Waals surface area (Å²) in [6.07, 6.45) is 2.25. The number of amides is 1. The van der Waals surface area contributed by atoms with E-state index in [0.29, 0.717) is 12.1 Å². The van der Waals surface area contributed by atoms with Crippen molar-refractivity contribution in [1.82, 2.24) is 15.1 Å². The van der Waals surface area contributed by atoms with Gasteiger partial charge in [-0.2, -0.15) is 0 Å². The Morgan fingerprint density at radius 2 is 1.71 bits per heavy atom. The predicted molar refractivity (Wildman–Crippen MR) is 84.5 cm³/mol. The molecule has 0 aromatic rings. The Labute approximate surface area is 129 Å². The number of rotatable bonds is 1. The molecule has 2 heterocycles. The number of nitrogens with zero attached hydrogens (tertiary/aromatic N) is 2. The highest BCUT2D eigenvalue weighted by Crippen LogP contribution is 2.23. The molecule has 5 heteroatoms. The Balaban J connectivity index is 1.96. The zero-order valence-corrected chi connectivity index (χ0v) is 14.2. The number of piperidine rings is 1. The standard InChI is InChI=1S/C16H31N3O2/c1-12-11-19(15(20)21-16(3,4)5)13(2)10-18(12)14-6-8-17-9-7-14/h12-14,17H,6-11H2,1-5H3/t12-,13+/m1/s1. The Kier molecular flexibility index (Phi) is 5.15. The maximum Gasteiger partial charge on any atom is 0.410 e. The minimum absolute atomic E-state index is 0.174. The van der Waals surface area contributed by atoms with Crippen LogP contribution in [0.15, 0.2) is 0 Å². The second-order valence-electron chi connectivity index (χ2n) is 7.51. The van der Waals surface area contributed by atoms with Crippen molar-refractivity contribution < 1.29 is 9.53 Å². The minimum atomic E-state index is -0.424. The molecule has 0 aromatic carbocycles. The molecule has 21 heavy (non-hydrogen) atoms. The molecular weight excluding hydrogens is 266 g/mol. The lowest BCUT2D eigenvalue weighted by molar-refractivity contribution is -0.0231. The maximum atomic E-state index is 12.3. The summed E-state index contributed by atoms with van der Waals surface area (Å²) >= 11 is 0. The van der Waals surface area contributed by atoms with Crippen molar-refractivity contribution in [2.75, 3.05) is 26.2 Å². The zero-order valence-electron chi connectivity index (χ0n) is 14.2. The van der Waals surface area contributed by atoms with Gasteiger partial charge in [0.1, 0.15) is 5.60 Å². The van der Waals surface area contributed by atoms with Gasteiger partial charge < -0.3 is 15.0 Å². The zero-order chi connectivity index (χ0) is 15.6. The van der Waals surface area contributed by atoms with E-state index in [-0.39, 0.29) is 12.1 Å². The van der Waals surface area contributed by atoms with Gasteiger partial charge in [0.2, 0.25) is 0 Å². The van der Waals surface area contributed by atoms with Crippen molar-refractivity contribution in [2.24, 2.45) is 0 Å². The lowest BCUT2D eigenvalue weighted by Gasteiger charge is -2.48. The van der Waals surface area contributed by atoms with Crippen LogP contribution >= 0.6 is 0 Å². The predicted octanol–water partition coefficient (Wildman–Crippen LogP) is 2.07. The first-order chi connectivity index (χ1) is 9.78. The summed E-state index contributed by atoms with van der Waals surface area (Å²) in [5, 5.41) is 3.42. The molecule has 1 N–H and O–H groups in total. The first kappa shape index (κ1) is 16.6. The van der Waals surface area contributed by atoms with Gasteiger partial charge in [-0.25, -0.2) is 4.79 Å². The Hall–Kier alpha value is -0.810. The highest BCUT2D eigenvalue weighted by Gasteiger charge is 2.37. The molecule has 0 spiro atoms. The van der Waals surface area contributed by atoms with E-state index in [4.69, 9.17) is 4.74 Å². The number of nitrogens with one attached hydrogen (secondary N) is 1. The Bertz CT molecular complexity index is 361. The Morgan fingerprint density at radius 3 is 2.29 bits per heavy atom. The molecule has 2 fully saturated rings. The maximum absolute atomic E-state index is 12.3. The fourth-order valence-electron chi connectivity index (χ4n) is 3.38. The van der Waals surface area contributed by atoms with Crippen LogP contribution in [0.3, 0.4) is 0 Å². The van der Waals surface area contributed by atoms with Crippen molar-refractivity contribution in [2.45, 2.75) is 71.2 Å². The van der Waals surface area contributed by atoms with Gasteiger partial charge in [0.15, 0.2) is 0 Å². The van der Waals surface area contributed by atoms with E-state index >= 15 is 0 Å². The van der Waals surface area contributed by atoms with E-state index in [0.717, 1.165) is 26.2 Å². The molecule has 2 aliphatic heterocycles. The van der Waals surface area contributed by atoms with Crippen LogP contribution in [0, 0.1) is 0 Å². The number of piperazine rings is 1. The van der Waals surface area contributed by atoms with Crippen LogP contribution in [0.25, 0.3) is 0 Å². The van der Waals surface area contributed by atoms with E-state index in [1.807, 2.05) is 25.7 Å². The van der Waals surface area contributed by atoms with Crippen LogP contribution < -0.4 is 5.32 Å². The number of carbonyl (C=O) groups is 1. The van der Waals surface area contributed by atoms with E-state index in [1.54, 1.807) is 0 Å². The van der Waals surface area contributed by atoms with Crippen molar-refractivity contribution in [1.29, 1.82) is 0 Å². The van der Waals surface area contributed by atoms with E-state index in [2.05, 4.69) is 24.1 Å². The summed E-state index contributed by atoms with van der Waals surface area (Å²) < 4.78 is 5.54. The fourth-order valence-corrected chi connectivity index (χ4v) is 3.38. The molecule has 2 atom stereocenters. The number of hydrogen-bond acceptors (Lipinski definition) is 4. The SMILES string of the molecule is C[C@@H]1CN(C(=O)OC(C)(C)C)[C@@H](C)CN1C1CCNCC1. The molecule has 0 aliphatic carbocycles. The lowest BCUT2D eigenvalue weighted by atomic mass is 9.99. The van der Waals surface area contributed by atoms with Gasteiger partial charge in [-0.1, -0.05) is 0 Å². The normalized spacial score (nSPS) is 29.5. The molecule has 0 unspecified atom stereocenters. The van der Waals surface area contributed by atoms with Crippen LogP contribution in [0.4, 0.5) is 4.79 Å². The second kappa shape index (κ2) is 6.53. The highest BCUT2D eigenvalue weighted by molar-refractivity contribution is 5.68. The first-order valence-electron chi connectivity index (χ1n) is 8.24. The third kappa shape index (κ3) is 4.33. The van der Waals surface area contributed by atoms with Gasteiger partial charge in [-0.3, -0.25) is 4.90 Å². The molecule has 5 nitrogen and oxygen atoms in total. The molecule has 0 bridgehead atoms. The van der Waals surface area contributed by atoms with Crippen molar-refractivity contribution >= 4 is 6.09 Å². The molecule has 0 radical (unpaired) electrons. The third-order valence-electron chi connectivity index (χ3n) is 4.44. The molecule has 2 saturated heterocycles. The summed E-state index contributed by atoms with van der Waals surface area (Å²) in [6, 6.07) is 1.27. The van der Waals surface area contributed by atoms with Crippen LogP contribution in [0.5, 0.6) is 0 Å². The van der Waals surface area contributed by atoms with Crippen molar-refractivity contribution in [3.05, 3.63) is 0 Å². The van der Waals surface area contributed by atoms with Crippen molar-refractivity contribution in [3.63, 3.8) is 0 Å². The second-order valence-corrected chi connectivity index (χ2v) is 7.51. The quantitative estimate of drug-likeness (QED) is 0.805. The summed E-state index contributed by atoms with van der Waals surface area (Å²) in [6.45, 7) is 14.1. The largest absolute Gasteiger partial charge is 0.444 e. The molecule has 1 amide bonds. The van der Waals surface area contributed by atoms with E-state index in [1.165, 1.54) is 12.8 Å². The van der Waals surface area contributed by atoms with Gasteiger partial charge in [0.05, 0.1) is 0 Å². The minimum Gasteiger partial charge on any atom is -0.444 e. The summed E-state index contributed by atoms with van der Waals surface area (Å²) in [4.78, 5) is 16.8. The molecular formula is C16H31N3O2. The van der Waals surface area contributed by atoms with Crippen LogP contribution in [-0.2, 0) is 4.74 Å². The average molecular weight is 297 g/mol. The Morgan fingerprint density at radius 1 is 1.10 bits per heavy atom. The van der Waals surface area contributed by atoms with Gasteiger partial charge >= 0.3 is 6.09 Å². The molecule has 2 rings (SSSR count). The van der Waals surface area contributed by atoms with Crippen LogP contribution in [0.2, 0.25) is 0 Å². The highest BCUT2D eigenvalue weighted by atomic mass is 16.6. The summed E-state index contributed by atoms with van der Waals surface area (Å²) in [5.41, 5.74) is -0.424. The van der Waals surface area contributed by atoms with Gasteiger partial charge in [0, 0.05) is 31.2 Å². The van der Waals surface area contributed by atoms with E-state index < -0.39 is 5.60 Å². The summed E-state index contributed by atoms with van der Waals surface area (Å²) in [7, 11) is 0. The molecule has 122 valence electrons. The van der Waals surface area contributed by atoms with Crippen molar-refractivity contribution in [3.8, 4) is 0 Å². The molecule has 0 saturated carbocycles. The van der Waals surface area contributed by atoms with Gasteiger partial charge in [-0.15, -0.1) is 0 Å². The van der Waals surface area contributed by atoms with Crippen LogP contribution in [-0.4, -0.2) is 65.8 Å². The van der Waals surface area contributed by atoms with Gasteiger partial charge in [0.25, 0.3) is 0 Å². The van der Waals surface area contributed by atoms with Gasteiger partial charge in [-0.05, 0) is 60.5 Å². The van der Waals surface area contributed by atoms with E-state index in [9.17, 15) is 4.79 Å². The summed E-state index contributed by atoms with van der Waals surface area (Å²) in [5.74, 6) is 0. The first-order valence-corrected chi connectivity index (χ1v) is 8.24. The molecule has 0 aromatic heterocycles. The number of carbonyl (C=O) groups excluding carboxylic acids is 1. The topological polar surface area (TPSA) is 44.8 Å². The molecule has 2 aliphatic rings. The van der Waals surface area contributed by atoms with Crippen LogP contribution in [0.1, 0.15) is 47.5 Å². The lowest BCUT2D eigenvalue weighted by Crippen LogP contribution is -2.62. The third-order valence-corrected chi connectivity index (χ3v) is 4.44. The number of ether oxygens (including phenoxy) is 1. The monoisotopic (exact) mass is 297 g/mol. The number of hydrogen-bond donors (Lipinski definition) is 1. The fraction of sp³-hybridized carbons (Fsp3) is 0.938.